The van der Waals surface area contributed by atoms with Crippen LogP contribution in [0.2, 0.25) is 6.32 Å². The van der Waals surface area contributed by atoms with Crippen LogP contribution in [0.1, 0.15) is 32.1 Å². The highest BCUT2D eigenvalue weighted by Crippen LogP contribution is 2.05. The fourth-order valence-corrected chi connectivity index (χ4v) is 1.17. The van der Waals surface area contributed by atoms with E-state index in [2.05, 4.69) is 15.9 Å². The van der Waals surface area contributed by atoms with E-state index in [-0.39, 0.29) is 0 Å². The van der Waals surface area contributed by atoms with Gasteiger partial charge >= 0.3 is 0 Å². The SMILES string of the molecule is [B]CCCCCCCBr. The highest BCUT2D eigenvalue weighted by Gasteiger charge is 1.86. The third-order valence-corrected chi connectivity index (χ3v) is 1.90. The molecule has 0 bridgehead atoms. The summed E-state index contributed by atoms with van der Waals surface area (Å²) in [7, 11) is 5.33. The largest absolute Gasteiger partial charge is 0.0928 e. The summed E-state index contributed by atoms with van der Waals surface area (Å²) in [4.78, 5) is 0. The first-order valence-corrected chi connectivity index (χ1v) is 4.80. The summed E-state index contributed by atoms with van der Waals surface area (Å²) in [5, 5.41) is 1.15. The predicted molar refractivity (Wildman–Crippen MR) is 47.4 cm³/mol. The zero-order chi connectivity index (χ0) is 6.95. The summed E-state index contributed by atoms with van der Waals surface area (Å²) in [6.45, 7) is 0. The zero-order valence-electron chi connectivity index (χ0n) is 5.91. The summed E-state index contributed by atoms with van der Waals surface area (Å²) >= 11 is 3.39. The molecule has 0 spiro atoms. The van der Waals surface area contributed by atoms with Gasteiger partial charge in [-0.05, 0) is 6.42 Å². The Balaban J connectivity index is 2.60. The maximum atomic E-state index is 5.33. The van der Waals surface area contributed by atoms with Gasteiger partial charge in [-0.3, -0.25) is 0 Å². The Morgan fingerprint density at radius 2 is 1.44 bits per heavy atom. The van der Waals surface area contributed by atoms with Crippen molar-refractivity contribution >= 4 is 23.8 Å². The van der Waals surface area contributed by atoms with Crippen LogP contribution in [0.15, 0.2) is 0 Å². The topological polar surface area (TPSA) is 0 Å². The second-order valence-corrected chi connectivity index (χ2v) is 3.04. The summed E-state index contributed by atoms with van der Waals surface area (Å²) in [5.41, 5.74) is 0. The van der Waals surface area contributed by atoms with Crippen molar-refractivity contribution in [2.24, 2.45) is 0 Å². The van der Waals surface area contributed by atoms with Gasteiger partial charge in [0, 0.05) is 5.33 Å². The third-order valence-electron chi connectivity index (χ3n) is 1.34. The van der Waals surface area contributed by atoms with Gasteiger partial charge in [-0.25, -0.2) is 0 Å². The minimum atomic E-state index is 0.855. The van der Waals surface area contributed by atoms with Gasteiger partial charge in [0.2, 0.25) is 0 Å². The fraction of sp³-hybridized carbons (Fsp3) is 1.00. The van der Waals surface area contributed by atoms with E-state index in [1.165, 1.54) is 32.1 Å². The van der Waals surface area contributed by atoms with Crippen LogP contribution in [-0.4, -0.2) is 13.2 Å². The van der Waals surface area contributed by atoms with Crippen LogP contribution in [0.25, 0.3) is 0 Å². The molecular weight excluding hydrogens is 175 g/mol. The number of rotatable bonds is 6. The maximum absolute atomic E-state index is 5.33. The Morgan fingerprint density at radius 1 is 0.889 bits per heavy atom. The molecule has 0 saturated carbocycles. The van der Waals surface area contributed by atoms with Crippen molar-refractivity contribution in [3.63, 3.8) is 0 Å². The molecule has 0 aromatic rings. The van der Waals surface area contributed by atoms with E-state index in [1.807, 2.05) is 0 Å². The lowest BCUT2D eigenvalue weighted by Gasteiger charge is -1.95. The molecule has 0 nitrogen and oxygen atoms in total. The van der Waals surface area contributed by atoms with Crippen molar-refractivity contribution in [2.45, 2.75) is 38.4 Å². The average Bonchev–Trinajstić information content (AvgIpc) is 1.89. The van der Waals surface area contributed by atoms with Crippen LogP contribution in [0.4, 0.5) is 0 Å². The highest BCUT2D eigenvalue weighted by atomic mass is 79.9. The van der Waals surface area contributed by atoms with Crippen molar-refractivity contribution in [3.05, 3.63) is 0 Å². The van der Waals surface area contributed by atoms with Crippen LogP contribution in [0, 0.1) is 0 Å². The molecule has 2 heteroatoms. The van der Waals surface area contributed by atoms with Gasteiger partial charge in [0.15, 0.2) is 0 Å². The number of halogens is 1. The standard InChI is InChI=1S/C7H14BBr/c8-6-4-2-1-3-5-7-9/h1-7H2. The van der Waals surface area contributed by atoms with Gasteiger partial charge in [-0.15, -0.1) is 0 Å². The number of hydrogen-bond acceptors (Lipinski definition) is 0. The molecule has 0 fully saturated rings. The van der Waals surface area contributed by atoms with Crippen molar-refractivity contribution in [2.75, 3.05) is 5.33 Å². The number of unbranched alkanes of at least 4 members (excludes halogenated alkanes) is 4. The molecule has 0 aromatic carbocycles. The monoisotopic (exact) mass is 188 g/mol. The molecule has 0 aromatic heterocycles. The first kappa shape index (κ1) is 9.54. The molecule has 0 rings (SSSR count). The molecule has 0 aliphatic heterocycles. The van der Waals surface area contributed by atoms with Crippen LogP contribution >= 0.6 is 15.9 Å². The smallest absolute Gasteiger partial charge is 0.0653 e. The first-order chi connectivity index (χ1) is 4.41. The Kier molecular flexibility index (Phi) is 9.06. The van der Waals surface area contributed by atoms with E-state index < -0.39 is 0 Å². The first-order valence-electron chi connectivity index (χ1n) is 3.68. The highest BCUT2D eigenvalue weighted by molar-refractivity contribution is 9.09. The lowest BCUT2D eigenvalue weighted by Crippen LogP contribution is -1.78. The van der Waals surface area contributed by atoms with Crippen LogP contribution in [-0.2, 0) is 0 Å². The molecule has 0 saturated heterocycles. The molecule has 0 heterocycles. The van der Waals surface area contributed by atoms with E-state index >= 15 is 0 Å². The zero-order valence-corrected chi connectivity index (χ0v) is 7.49. The Bertz CT molecular complexity index is 42.2. The quantitative estimate of drug-likeness (QED) is 0.342. The van der Waals surface area contributed by atoms with Crippen LogP contribution < -0.4 is 0 Å². The number of hydrogen-bond donors (Lipinski definition) is 0. The molecule has 0 N–H and O–H groups in total. The van der Waals surface area contributed by atoms with E-state index in [0.29, 0.717) is 0 Å². The van der Waals surface area contributed by atoms with E-state index in [1.54, 1.807) is 0 Å². The molecule has 0 amide bonds. The van der Waals surface area contributed by atoms with Crippen molar-refractivity contribution in [1.82, 2.24) is 0 Å². The predicted octanol–water partition coefficient (Wildman–Crippen LogP) is 2.92. The second-order valence-electron chi connectivity index (χ2n) is 2.25. The molecule has 0 aliphatic carbocycles. The molecule has 9 heavy (non-hydrogen) atoms. The minimum absolute atomic E-state index is 0.855. The summed E-state index contributed by atoms with van der Waals surface area (Å²) < 4.78 is 0. The molecule has 2 radical (unpaired) electrons. The van der Waals surface area contributed by atoms with E-state index in [4.69, 9.17) is 7.85 Å². The number of alkyl halides is 1. The van der Waals surface area contributed by atoms with Crippen molar-refractivity contribution in [3.8, 4) is 0 Å². The summed E-state index contributed by atoms with van der Waals surface area (Å²) in [5.74, 6) is 0. The lowest BCUT2D eigenvalue weighted by atomic mass is 9.99. The molecule has 0 unspecified atom stereocenters. The summed E-state index contributed by atoms with van der Waals surface area (Å²) in [6, 6.07) is 0. The van der Waals surface area contributed by atoms with Gasteiger partial charge in [0.25, 0.3) is 0 Å². The van der Waals surface area contributed by atoms with E-state index in [0.717, 1.165) is 11.7 Å². The Hall–Kier alpha value is 0.545. The Labute approximate surface area is 67.9 Å². The summed E-state index contributed by atoms with van der Waals surface area (Å²) in [6.07, 6.45) is 7.37. The van der Waals surface area contributed by atoms with Crippen molar-refractivity contribution in [1.29, 1.82) is 0 Å². The van der Waals surface area contributed by atoms with Gasteiger partial charge in [-0.1, -0.05) is 47.9 Å². The van der Waals surface area contributed by atoms with Gasteiger partial charge in [0.1, 0.15) is 0 Å². The van der Waals surface area contributed by atoms with Crippen molar-refractivity contribution < 1.29 is 0 Å². The molecule has 52 valence electrons. The lowest BCUT2D eigenvalue weighted by molar-refractivity contribution is 0.660. The van der Waals surface area contributed by atoms with Gasteiger partial charge in [0.05, 0.1) is 7.85 Å². The third kappa shape index (κ3) is 8.54. The fourth-order valence-electron chi connectivity index (χ4n) is 0.769. The van der Waals surface area contributed by atoms with Crippen LogP contribution in [0.5, 0.6) is 0 Å². The van der Waals surface area contributed by atoms with Gasteiger partial charge < -0.3 is 0 Å². The maximum Gasteiger partial charge on any atom is 0.0653 e. The average molecular weight is 189 g/mol. The normalized spacial score (nSPS) is 9.89. The molecule has 0 atom stereocenters. The van der Waals surface area contributed by atoms with Gasteiger partial charge in [-0.2, -0.15) is 0 Å². The molecule has 0 aliphatic rings. The second kappa shape index (κ2) is 8.54. The minimum Gasteiger partial charge on any atom is -0.0928 e. The molecular formula is C7H14BBr. The van der Waals surface area contributed by atoms with E-state index in [9.17, 15) is 0 Å². The van der Waals surface area contributed by atoms with Crippen LogP contribution in [0.3, 0.4) is 0 Å². The Morgan fingerprint density at radius 3 is 2.00 bits per heavy atom.